The van der Waals surface area contributed by atoms with Gasteiger partial charge in [-0.2, -0.15) is 0 Å². The molecule has 7 heteroatoms. The molecule has 1 atom stereocenters. The van der Waals surface area contributed by atoms with E-state index >= 15 is 0 Å². The van der Waals surface area contributed by atoms with E-state index in [-0.39, 0.29) is 11.7 Å². The third-order valence-corrected chi connectivity index (χ3v) is 6.30. The smallest absolute Gasteiger partial charge is 0.449 e. The van der Waals surface area contributed by atoms with Gasteiger partial charge in [-0.3, -0.25) is 4.98 Å². The van der Waals surface area contributed by atoms with Gasteiger partial charge in [0.1, 0.15) is 5.75 Å². The molecule has 0 spiro atoms. The minimum atomic E-state index is -1.34. The fraction of sp³-hybridized carbons (Fsp3) is 0.138. The molecule has 0 radical (unpaired) electrons. The predicted molar refractivity (Wildman–Crippen MR) is 140 cm³/mol. The number of halogens is 1. The minimum Gasteiger partial charge on any atom is -0.449 e. The maximum atomic E-state index is 10.7. The largest absolute Gasteiger partial charge is 0.511 e. The molecule has 1 heterocycles. The average Bonchev–Trinajstić information content (AvgIpc) is 2.86. The number of aryl methyl sites for hydroxylation is 2. The van der Waals surface area contributed by atoms with Crippen molar-refractivity contribution in [2.45, 2.75) is 26.2 Å². The number of benzene rings is 3. The summed E-state index contributed by atoms with van der Waals surface area (Å²) >= 11 is 6.23. The van der Waals surface area contributed by atoms with E-state index in [4.69, 9.17) is 16.7 Å². The van der Waals surface area contributed by atoms with Gasteiger partial charge in [0.25, 0.3) is 0 Å². The van der Waals surface area contributed by atoms with Crippen molar-refractivity contribution < 1.29 is 19.8 Å². The Labute approximate surface area is 214 Å². The second-order valence-electron chi connectivity index (χ2n) is 8.50. The third kappa shape index (κ3) is 5.90. The molecule has 0 bridgehead atoms. The van der Waals surface area contributed by atoms with Crippen LogP contribution in [0.25, 0.3) is 11.1 Å². The highest BCUT2D eigenvalue weighted by atomic mass is 35.5. The Morgan fingerprint density at radius 1 is 0.972 bits per heavy atom. The van der Waals surface area contributed by atoms with Gasteiger partial charge < -0.3 is 15.1 Å². The summed E-state index contributed by atoms with van der Waals surface area (Å²) in [6.07, 6.45) is 0.839. The fourth-order valence-corrected chi connectivity index (χ4v) is 4.52. The van der Waals surface area contributed by atoms with Gasteiger partial charge in [-0.1, -0.05) is 59.2 Å². The van der Waals surface area contributed by atoms with E-state index in [9.17, 15) is 10.0 Å². The van der Waals surface area contributed by atoms with Crippen molar-refractivity contribution in [2.24, 2.45) is 5.16 Å². The molecule has 2 N–H and O–H groups in total. The quantitative estimate of drug-likeness (QED) is 0.0902. The molecule has 1 unspecified atom stereocenters. The number of carbonyl (C=O) groups is 1. The van der Waals surface area contributed by atoms with Crippen molar-refractivity contribution in [1.82, 2.24) is 4.98 Å². The van der Waals surface area contributed by atoms with Crippen LogP contribution in [0.4, 0.5) is 4.79 Å². The monoisotopic (exact) mass is 500 g/mol. The van der Waals surface area contributed by atoms with Crippen LogP contribution < -0.4 is 4.74 Å². The Morgan fingerprint density at radius 3 is 2.22 bits per heavy atom. The lowest BCUT2D eigenvalue weighted by Crippen LogP contribution is -2.12. The van der Waals surface area contributed by atoms with E-state index in [1.807, 2.05) is 68.4 Å². The molecule has 0 aliphatic heterocycles. The summed E-state index contributed by atoms with van der Waals surface area (Å²) in [5, 5.41) is 23.0. The van der Waals surface area contributed by atoms with Crippen LogP contribution in [0, 0.1) is 13.8 Å². The van der Waals surface area contributed by atoms with Crippen LogP contribution in [-0.2, 0) is 0 Å². The second kappa shape index (κ2) is 11.1. The Morgan fingerprint density at radius 2 is 1.64 bits per heavy atom. The SMILES string of the molecule is Cc1cc(/C(CC(c2ccc(-c3ccc(OC(=O)O)cc3)cc2)c2ccc(Cl)cc2C)=N/O)ccn1. The van der Waals surface area contributed by atoms with Crippen LogP contribution in [-0.4, -0.2) is 27.2 Å². The zero-order valence-corrected chi connectivity index (χ0v) is 20.6. The number of pyridine rings is 1. The molecule has 0 aliphatic carbocycles. The maximum absolute atomic E-state index is 10.7. The number of rotatable bonds is 7. The van der Waals surface area contributed by atoms with E-state index in [0.717, 1.165) is 39.1 Å². The molecule has 0 saturated carbocycles. The van der Waals surface area contributed by atoms with E-state index < -0.39 is 6.16 Å². The summed E-state index contributed by atoms with van der Waals surface area (Å²) in [6.45, 7) is 3.92. The molecule has 6 nitrogen and oxygen atoms in total. The Bertz CT molecular complexity index is 1400. The van der Waals surface area contributed by atoms with Gasteiger partial charge in [-0.25, -0.2) is 4.79 Å². The number of oxime groups is 1. The highest BCUT2D eigenvalue weighted by Gasteiger charge is 2.21. The lowest BCUT2D eigenvalue weighted by Gasteiger charge is -2.21. The lowest BCUT2D eigenvalue weighted by molar-refractivity contribution is 0.144. The molecule has 0 fully saturated rings. The Hall–Kier alpha value is -4.16. The first-order chi connectivity index (χ1) is 17.3. The van der Waals surface area contributed by atoms with Crippen LogP contribution in [0.5, 0.6) is 5.75 Å². The molecular formula is C29H25ClN2O4. The van der Waals surface area contributed by atoms with Crippen LogP contribution in [0.2, 0.25) is 5.02 Å². The predicted octanol–water partition coefficient (Wildman–Crippen LogP) is 7.48. The molecule has 182 valence electrons. The topological polar surface area (TPSA) is 92.0 Å². The highest BCUT2D eigenvalue weighted by Crippen LogP contribution is 2.34. The van der Waals surface area contributed by atoms with E-state index in [1.54, 1.807) is 18.3 Å². The molecule has 36 heavy (non-hydrogen) atoms. The number of nitrogens with zero attached hydrogens (tertiary/aromatic N) is 2. The number of carboxylic acid groups (broad SMARTS) is 1. The first kappa shape index (κ1) is 24.9. The number of hydrogen-bond acceptors (Lipinski definition) is 5. The van der Waals surface area contributed by atoms with Gasteiger partial charge in [-0.15, -0.1) is 0 Å². The number of hydrogen-bond donors (Lipinski definition) is 2. The third-order valence-electron chi connectivity index (χ3n) is 6.06. The Kier molecular flexibility index (Phi) is 7.66. The molecule has 1 aromatic heterocycles. The molecular weight excluding hydrogens is 476 g/mol. The van der Waals surface area contributed by atoms with Crippen LogP contribution in [0.1, 0.15) is 40.3 Å². The van der Waals surface area contributed by atoms with Crippen molar-refractivity contribution in [1.29, 1.82) is 0 Å². The van der Waals surface area contributed by atoms with Gasteiger partial charge in [0, 0.05) is 34.8 Å². The van der Waals surface area contributed by atoms with E-state index in [0.29, 0.717) is 17.2 Å². The summed E-state index contributed by atoms with van der Waals surface area (Å²) in [4.78, 5) is 15.0. The second-order valence-corrected chi connectivity index (χ2v) is 8.94. The molecule has 4 aromatic rings. The summed E-state index contributed by atoms with van der Waals surface area (Å²) in [5.41, 5.74) is 7.35. The van der Waals surface area contributed by atoms with Gasteiger partial charge >= 0.3 is 6.16 Å². The molecule has 0 saturated heterocycles. The highest BCUT2D eigenvalue weighted by molar-refractivity contribution is 6.30. The molecule has 0 aliphatic rings. The minimum absolute atomic E-state index is 0.0815. The van der Waals surface area contributed by atoms with Crippen molar-refractivity contribution >= 4 is 23.5 Å². The molecule has 4 rings (SSSR count). The zero-order chi connectivity index (χ0) is 25.7. The first-order valence-corrected chi connectivity index (χ1v) is 11.7. The molecule has 0 amide bonds. The van der Waals surface area contributed by atoms with Crippen molar-refractivity contribution in [3.63, 3.8) is 0 Å². The van der Waals surface area contributed by atoms with Crippen LogP contribution in [0.15, 0.2) is 90.2 Å². The molecule has 3 aromatic carbocycles. The summed E-state index contributed by atoms with van der Waals surface area (Å²) in [7, 11) is 0. The van der Waals surface area contributed by atoms with Crippen molar-refractivity contribution in [2.75, 3.05) is 0 Å². The summed E-state index contributed by atoms with van der Waals surface area (Å²) in [6, 6.07) is 24.6. The zero-order valence-electron chi connectivity index (χ0n) is 19.9. The summed E-state index contributed by atoms with van der Waals surface area (Å²) < 4.78 is 4.69. The first-order valence-electron chi connectivity index (χ1n) is 11.3. The summed E-state index contributed by atoms with van der Waals surface area (Å²) in [5.74, 6) is 0.186. The van der Waals surface area contributed by atoms with E-state index in [2.05, 4.69) is 27.0 Å². The van der Waals surface area contributed by atoms with Gasteiger partial charge in [0.05, 0.1) is 5.71 Å². The normalized spacial score (nSPS) is 12.2. The van der Waals surface area contributed by atoms with Gasteiger partial charge in [0.15, 0.2) is 0 Å². The van der Waals surface area contributed by atoms with E-state index in [1.165, 1.54) is 0 Å². The maximum Gasteiger partial charge on any atom is 0.511 e. The van der Waals surface area contributed by atoms with Crippen molar-refractivity contribution in [3.8, 4) is 16.9 Å². The Balaban J connectivity index is 1.68. The number of ether oxygens (including phenoxy) is 1. The lowest BCUT2D eigenvalue weighted by atomic mass is 9.83. The standard InChI is InChI=1S/C29H25ClN2O4/c1-18-15-24(30)9-12-26(18)27(17-28(32-35)23-13-14-31-19(2)16-23)22-5-3-20(4-6-22)21-7-10-25(11-8-21)36-29(33)34/h3-16,27,35H,17H2,1-2H3,(H,33,34)/b32-28+. The van der Waals surface area contributed by atoms with Gasteiger partial charge in [-0.05, 0) is 78.1 Å². The van der Waals surface area contributed by atoms with Crippen LogP contribution in [0.3, 0.4) is 0 Å². The fourth-order valence-electron chi connectivity index (χ4n) is 4.30. The van der Waals surface area contributed by atoms with Gasteiger partial charge in [0.2, 0.25) is 0 Å². The number of aromatic nitrogens is 1. The van der Waals surface area contributed by atoms with Crippen LogP contribution >= 0.6 is 11.6 Å². The average molecular weight is 501 g/mol. The van der Waals surface area contributed by atoms with Crippen molar-refractivity contribution in [3.05, 3.63) is 118 Å².